The van der Waals surface area contributed by atoms with E-state index in [1.165, 1.54) is 22.3 Å². The molecule has 188 valence electrons. The summed E-state index contributed by atoms with van der Waals surface area (Å²) < 4.78 is 58.4. The predicted octanol–water partition coefficient (Wildman–Crippen LogP) is 3.40. The number of carbonyl (C=O) groups excluding carboxylic acids is 1. The maximum Gasteiger partial charge on any atom is 0.490 e. The van der Waals surface area contributed by atoms with Crippen LogP contribution >= 0.6 is 0 Å². The van der Waals surface area contributed by atoms with Crippen LogP contribution in [0.3, 0.4) is 0 Å². The number of sulfonamides is 1. The first-order valence-corrected chi connectivity index (χ1v) is 12.6. The van der Waals surface area contributed by atoms with Crippen molar-refractivity contribution < 1.29 is 36.3 Å². The van der Waals surface area contributed by atoms with Gasteiger partial charge in [0.05, 0.1) is 0 Å². The molecular weight excluding hydrogens is 475 g/mol. The minimum absolute atomic E-state index is 0.327. The average Bonchev–Trinajstić information content (AvgIpc) is 3.46. The Morgan fingerprint density at radius 1 is 1.09 bits per heavy atom. The van der Waals surface area contributed by atoms with Crippen LogP contribution in [0.5, 0.6) is 0 Å². The molecule has 0 unspecified atom stereocenters. The Hall–Kier alpha value is -2.60. The number of aliphatic carboxylic acids is 1. The summed E-state index contributed by atoms with van der Waals surface area (Å²) in [6.07, 6.45) is 4.84. The minimum atomic E-state index is -5.08. The number of anilines is 1. The molecule has 12 heteroatoms. The van der Waals surface area contributed by atoms with Crippen molar-refractivity contribution in [1.29, 1.82) is 0 Å². The number of urea groups is 1. The van der Waals surface area contributed by atoms with E-state index in [1.54, 1.807) is 6.08 Å². The molecular formula is C22H28F3N3O5S. The number of hydrogen-bond donors (Lipinski definition) is 4. The summed E-state index contributed by atoms with van der Waals surface area (Å²) in [6.45, 7) is 2.83. The van der Waals surface area contributed by atoms with Crippen LogP contribution in [0.4, 0.5) is 23.7 Å². The maximum absolute atomic E-state index is 12.4. The van der Waals surface area contributed by atoms with Gasteiger partial charge >= 0.3 is 18.2 Å². The maximum atomic E-state index is 12.4. The predicted molar refractivity (Wildman–Crippen MR) is 120 cm³/mol. The number of carboxylic acid groups (broad SMARTS) is 1. The van der Waals surface area contributed by atoms with Gasteiger partial charge < -0.3 is 15.7 Å². The number of carbonyl (C=O) groups is 2. The molecule has 0 bridgehead atoms. The third kappa shape index (κ3) is 6.50. The fraction of sp³-hybridized carbons (Fsp3) is 0.545. The Kier molecular flexibility index (Phi) is 7.61. The van der Waals surface area contributed by atoms with Crippen LogP contribution in [-0.2, 0) is 40.5 Å². The average molecular weight is 504 g/mol. The first-order chi connectivity index (χ1) is 15.8. The number of halogens is 3. The van der Waals surface area contributed by atoms with Gasteiger partial charge in [-0.25, -0.2) is 22.7 Å². The zero-order valence-electron chi connectivity index (χ0n) is 18.7. The largest absolute Gasteiger partial charge is 0.490 e. The lowest BCUT2D eigenvalue weighted by molar-refractivity contribution is -0.192. The first-order valence-electron chi connectivity index (χ1n) is 11.0. The van der Waals surface area contributed by atoms with Crippen molar-refractivity contribution in [3.05, 3.63) is 39.8 Å². The van der Waals surface area contributed by atoms with E-state index in [0.717, 1.165) is 69.0 Å². The number of nitrogens with one attached hydrogen (secondary N) is 3. The van der Waals surface area contributed by atoms with E-state index in [1.807, 2.05) is 13.0 Å². The van der Waals surface area contributed by atoms with E-state index in [2.05, 4.69) is 15.4 Å². The molecule has 0 radical (unpaired) electrons. The van der Waals surface area contributed by atoms with Crippen LogP contribution in [0, 0.1) is 0 Å². The highest BCUT2D eigenvalue weighted by atomic mass is 32.2. The van der Waals surface area contributed by atoms with Gasteiger partial charge in [0.1, 0.15) is 0 Å². The molecule has 4 N–H and O–H groups in total. The van der Waals surface area contributed by atoms with Crippen LogP contribution in [0.1, 0.15) is 54.9 Å². The van der Waals surface area contributed by atoms with Gasteiger partial charge in [-0.05, 0) is 93.2 Å². The molecule has 0 aromatic heterocycles. The van der Waals surface area contributed by atoms with Gasteiger partial charge in [-0.1, -0.05) is 6.08 Å². The van der Waals surface area contributed by atoms with Gasteiger partial charge in [-0.15, -0.1) is 0 Å². The molecule has 34 heavy (non-hydrogen) atoms. The molecule has 2 amide bonds. The van der Waals surface area contributed by atoms with Gasteiger partial charge in [-0.3, -0.25) is 0 Å². The summed E-state index contributed by atoms with van der Waals surface area (Å²) in [4.78, 5) is 21.2. The third-order valence-corrected chi connectivity index (χ3v) is 7.19. The molecule has 2 aliphatic carbocycles. The zero-order valence-corrected chi connectivity index (χ0v) is 19.5. The van der Waals surface area contributed by atoms with Gasteiger partial charge in [-0.2, -0.15) is 13.2 Å². The van der Waals surface area contributed by atoms with Crippen molar-refractivity contribution in [2.45, 2.75) is 70.0 Å². The Bertz CT molecular complexity index is 1090. The second-order valence-corrected chi connectivity index (χ2v) is 10.4. The third-order valence-electron chi connectivity index (χ3n) is 6.23. The lowest BCUT2D eigenvalue weighted by Crippen LogP contribution is -2.36. The van der Waals surface area contributed by atoms with Crippen molar-refractivity contribution in [3.63, 3.8) is 0 Å². The molecule has 1 saturated heterocycles. The lowest BCUT2D eigenvalue weighted by atomic mass is 9.98. The fourth-order valence-electron chi connectivity index (χ4n) is 4.63. The minimum Gasteiger partial charge on any atom is -0.475 e. The Balaban J connectivity index is 0.000000406. The van der Waals surface area contributed by atoms with Crippen molar-refractivity contribution in [3.8, 4) is 0 Å². The molecule has 1 aromatic rings. The molecule has 4 rings (SSSR count). The number of alkyl halides is 3. The quantitative estimate of drug-likeness (QED) is 0.499. The normalized spacial score (nSPS) is 21.5. The molecule has 1 heterocycles. The number of amides is 2. The number of aryl methyl sites for hydroxylation is 1. The molecule has 1 aliphatic heterocycles. The highest BCUT2D eigenvalue weighted by Crippen LogP contribution is 2.38. The SMILES string of the molecule is C[C@]1(/C=C/S(=O)(=O)NC(=O)Nc2cc3c(c4c2CCC4)CCC3)CCCN1.O=C(O)C(F)(F)F. The van der Waals surface area contributed by atoms with E-state index in [9.17, 15) is 26.4 Å². The second-order valence-electron chi connectivity index (χ2n) is 8.88. The van der Waals surface area contributed by atoms with Crippen LogP contribution < -0.4 is 15.4 Å². The summed E-state index contributed by atoms with van der Waals surface area (Å²) in [6, 6.07) is 1.34. The van der Waals surface area contributed by atoms with E-state index < -0.39 is 28.2 Å². The van der Waals surface area contributed by atoms with Crippen molar-refractivity contribution in [2.24, 2.45) is 0 Å². The molecule has 1 fully saturated rings. The monoisotopic (exact) mass is 503 g/mol. The standard InChI is InChI=1S/C20H27N3O3S.C2HF3O2/c1-20(9-4-11-21-20)10-12-27(25,26)23-19(24)22-18-13-14-5-2-6-15(14)16-7-3-8-17(16)18;3-2(4,5)1(6)7/h10,12-13,21H,2-9,11H2,1H3,(H2,22,23,24);(H,6,7)/b12-10+;/t20-;/m1./s1. The molecule has 0 spiro atoms. The number of fused-ring (bicyclic) bond motifs is 3. The Labute approximate surface area is 196 Å². The van der Waals surface area contributed by atoms with E-state index in [0.29, 0.717) is 0 Å². The molecule has 3 aliphatic rings. The molecule has 8 nitrogen and oxygen atoms in total. The Morgan fingerprint density at radius 3 is 2.32 bits per heavy atom. The van der Waals surface area contributed by atoms with Crippen molar-refractivity contribution in [2.75, 3.05) is 11.9 Å². The smallest absolute Gasteiger partial charge is 0.475 e. The summed E-state index contributed by atoms with van der Waals surface area (Å²) >= 11 is 0. The summed E-state index contributed by atoms with van der Waals surface area (Å²) in [5, 5.41) is 14.3. The van der Waals surface area contributed by atoms with Crippen molar-refractivity contribution in [1.82, 2.24) is 10.0 Å². The number of benzene rings is 1. The Morgan fingerprint density at radius 2 is 1.71 bits per heavy atom. The number of rotatable bonds is 4. The highest BCUT2D eigenvalue weighted by Gasteiger charge is 2.38. The van der Waals surface area contributed by atoms with Crippen LogP contribution in [0.15, 0.2) is 17.6 Å². The van der Waals surface area contributed by atoms with Gasteiger partial charge in [0.2, 0.25) is 0 Å². The lowest BCUT2D eigenvalue weighted by Gasteiger charge is -2.19. The van der Waals surface area contributed by atoms with E-state index in [-0.39, 0.29) is 5.54 Å². The number of hydrogen-bond acceptors (Lipinski definition) is 5. The molecule has 0 saturated carbocycles. The van der Waals surface area contributed by atoms with Gasteiger partial charge in [0.15, 0.2) is 0 Å². The molecule has 1 aromatic carbocycles. The van der Waals surface area contributed by atoms with Gasteiger partial charge in [0, 0.05) is 16.6 Å². The molecule has 1 atom stereocenters. The topological polar surface area (TPSA) is 125 Å². The fourth-order valence-corrected chi connectivity index (χ4v) is 5.49. The highest BCUT2D eigenvalue weighted by molar-refractivity contribution is 7.92. The van der Waals surface area contributed by atoms with Gasteiger partial charge in [0.25, 0.3) is 10.0 Å². The summed E-state index contributed by atoms with van der Waals surface area (Å²) in [7, 11) is -3.83. The van der Waals surface area contributed by atoms with Crippen LogP contribution in [-0.4, -0.2) is 43.8 Å². The number of carboxylic acids is 1. The summed E-state index contributed by atoms with van der Waals surface area (Å²) in [5.74, 6) is -2.76. The first kappa shape index (κ1) is 26.0. The van der Waals surface area contributed by atoms with Crippen LogP contribution in [0.25, 0.3) is 0 Å². The zero-order chi connectivity index (χ0) is 25.1. The van der Waals surface area contributed by atoms with Crippen LogP contribution in [0.2, 0.25) is 0 Å². The summed E-state index contributed by atoms with van der Waals surface area (Å²) in [5.41, 5.74) is 5.76. The second kappa shape index (κ2) is 9.95. The van der Waals surface area contributed by atoms with Crippen molar-refractivity contribution >= 4 is 27.7 Å². The van der Waals surface area contributed by atoms with E-state index in [4.69, 9.17) is 9.90 Å². The van der Waals surface area contributed by atoms with E-state index >= 15 is 0 Å².